The standard InChI is InChI=1S/C12H12ClN3O2/c1-2-11(17)16-8-4-3-5-9(6-8)18-12(15)10(13)7-14/h2-7,14H,1,15H2,(H,16,17). The van der Waals surface area contributed by atoms with Crippen molar-refractivity contribution < 1.29 is 9.53 Å². The van der Waals surface area contributed by atoms with Crippen molar-refractivity contribution >= 4 is 29.4 Å². The van der Waals surface area contributed by atoms with Crippen LogP contribution in [0.25, 0.3) is 0 Å². The van der Waals surface area contributed by atoms with Crippen LogP contribution in [0.4, 0.5) is 5.69 Å². The molecule has 0 unspecified atom stereocenters. The predicted molar refractivity (Wildman–Crippen MR) is 71.7 cm³/mol. The normalized spacial score (nSPS) is 11.2. The Bertz CT molecular complexity index is 512. The number of halogens is 1. The fraction of sp³-hybridized carbons (Fsp3) is 0. The number of nitrogens with one attached hydrogen (secondary N) is 2. The summed E-state index contributed by atoms with van der Waals surface area (Å²) in [6.07, 6.45) is 2.04. The van der Waals surface area contributed by atoms with Crippen LogP contribution >= 0.6 is 11.6 Å². The van der Waals surface area contributed by atoms with Gasteiger partial charge in [-0.05, 0) is 18.2 Å². The second-order valence-corrected chi connectivity index (χ2v) is 3.59. The van der Waals surface area contributed by atoms with E-state index in [0.29, 0.717) is 11.4 Å². The van der Waals surface area contributed by atoms with Crippen LogP contribution in [0.5, 0.6) is 5.75 Å². The highest BCUT2D eigenvalue weighted by atomic mass is 35.5. The van der Waals surface area contributed by atoms with E-state index in [-0.39, 0.29) is 16.8 Å². The average Bonchev–Trinajstić information content (AvgIpc) is 2.37. The molecule has 1 aromatic carbocycles. The Hall–Kier alpha value is -2.27. The van der Waals surface area contributed by atoms with Crippen LogP contribution in [0.1, 0.15) is 0 Å². The maximum absolute atomic E-state index is 11.1. The van der Waals surface area contributed by atoms with Crippen LogP contribution in [0, 0.1) is 5.41 Å². The van der Waals surface area contributed by atoms with Gasteiger partial charge < -0.3 is 21.2 Å². The zero-order valence-electron chi connectivity index (χ0n) is 9.44. The summed E-state index contributed by atoms with van der Waals surface area (Å²) in [5, 5.41) is 9.49. The molecule has 0 aromatic heterocycles. The van der Waals surface area contributed by atoms with E-state index in [2.05, 4.69) is 11.9 Å². The molecule has 0 aliphatic heterocycles. The molecule has 1 aromatic rings. The first-order chi connectivity index (χ1) is 8.56. The van der Waals surface area contributed by atoms with E-state index in [1.165, 1.54) is 0 Å². The molecule has 0 fully saturated rings. The highest BCUT2D eigenvalue weighted by Gasteiger charge is 2.03. The molecule has 0 bridgehead atoms. The summed E-state index contributed by atoms with van der Waals surface area (Å²) < 4.78 is 5.22. The summed E-state index contributed by atoms with van der Waals surface area (Å²) in [6.45, 7) is 3.35. The first-order valence-electron chi connectivity index (χ1n) is 4.94. The van der Waals surface area contributed by atoms with Crippen LogP contribution in [0.15, 0.2) is 47.8 Å². The Morgan fingerprint density at radius 3 is 2.89 bits per heavy atom. The molecule has 0 atom stereocenters. The number of carbonyl (C=O) groups excluding carboxylic acids is 1. The zero-order chi connectivity index (χ0) is 13.5. The van der Waals surface area contributed by atoms with Crippen molar-refractivity contribution in [3.8, 4) is 5.75 Å². The molecule has 1 rings (SSSR count). The van der Waals surface area contributed by atoms with Gasteiger partial charge >= 0.3 is 0 Å². The Morgan fingerprint density at radius 1 is 1.56 bits per heavy atom. The molecule has 0 heterocycles. The van der Waals surface area contributed by atoms with Gasteiger partial charge in [0.05, 0.1) is 0 Å². The number of benzene rings is 1. The summed E-state index contributed by atoms with van der Waals surface area (Å²) in [6, 6.07) is 6.58. The zero-order valence-corrected chi connectivity index (χ0v) is 10.2. The number of carbonyl (C=O) groups is 1. The van der Waals surface area contributed by atoms with E-state index >= 15 is 0 Å². The lowest BCUT2D eigenvalue weighted by Gasteiger charge is -2.08. The van der Waals surface area contributed by atoms with Crippen molar-refractivity contribution in [2.45, 2.75) is 0 Å². The first kappa shape index (κ1) is 13.8. The van der Waals surface area contributed by atoms with Crippen LogP contribution in [-0.4, -0.2) is 12.1 Å². The minimum Gasteiger partial charge on any atom is -0.440 e. The lowest BCUT2D eigenvalue weighted by atomic mass is 10.3. The van der Waals surface area contributed by atoms with E-state index in [1.807, 2.05) is 0 Å². The highest BCUT2D eigenvalue weighted by molar-refractivity contribution is 6.39. The van der Waals surface area contributed by atoms with E-state index < -0.39 is 0 Å². The van der Waals surface area contributed by atoms with Gasteiger partial charge in [0, 0.05) is 18.0 Å². The molecule has 6 heteroatoms. The molecular weight excluding hydrogens is 254 g/mol. The quantitative estimate of drug-likeness (QED) is 0.433. The van der Waals surface area contributed by atoms with Gasteiger partial charge in [-0.15, -0.1) is 0 Å². The summed E-state index contributed by atoms with van der Waals surface area (Å²) >= 11 is 5.62. The van der Waals surface area contributed by atoms with Crippen LogP contribution in [0.3, 0.4) is 0 Å². The lowest BCUT2D eigenvalue weighted by Crippen LogP contribution is -2.10. The summed E-state index contributed by atoms with van der Waals surface area (Å²) in [5.74, 6) is -0.0126. The monoisotopic (exact) mass is 265 g/mol. The topological polar surface area (TPSA) is 88.2 Å². The lowest BCUT2D eigenvalue weighted by molar-refractivity contribution is -0.111. The third-order valence-electron chi connectivity index (χ3n) is 1.88. The number of hydrogen-bond acceptors (Lipinski definition) is 4. The molecule has 0 saturated carbocycles. The molecule has 4 N–H and O–H groups in total. The van der Waals surface area contributed by atoms with Crippen LogP contribution in [0.2, 0.25) is 0 Å². The summed E-state index contributed by atoms with van der Waals surface area (Å²) in [4.78, 5) is 11.1. The number of amides is 1. The Labute approximate surface area is 109 Å². The minimum atomic E-state index is -0.326. The Kier molecular flexibility index (Phi) is 4.95. The van der Waals surface area contributed by atoms with Gasteiger partial charge in [-0.1, -0.05) is 24.2 Å². The van der Waals surface area contributed by atoms with Crippen LogP contribution < -0.4 is 15.8 Å². The highest BCUT2D eigenvalue weighted by Crippen LogP contribution is 2.19. The summed E-state index contributed by atoms with van der Waals surface area (Å²) in [5.41, 5.74) is 6.05. The number of anilines is 1. The van der Waals surface area contributed by atoms with Gasteiger partial charge in [0.15, 0.2) is 0 Å². The minimum absolute atomic E-state index is 0.00414. The molecule has 94 valence electrons. The van der Waals surface area contributed by atoms with E-state index in [4.69, 9.17) is 27.5 Å². The largest absolute Gasteiger partial charge is 0.440 e. The van der Waals surface area contributed by atoms with Gasteiger partial charge in [0.1, 0.15) is 10.8 Å². The molecule has 5 nitrogen and oxygen atoms in total. The first-order valence-corrected chi connectivity index (χ1v) is 5.31. The number of allylic oxidation sites excluding steroid dienone is 1. The SMILES string of the molecule is C=CC(=O)Nc1cccc(OC(N)=C(Cl)C=N)c1. The van der Waals surface area contributed by atoms with Crippen molar-refractivity contribution in [1.82, 2.24) is 0 Å². The molecule has 0 aliphatic rings. The van der Waals surface area contributed by atoms with Crippen molar-refractivity contribution in [1.29, 1.82) is 5.41 Å². The average molecular weight is 266 g/mol. The molecule has 0 spiro atoms. The van der Waals surface area contributed by atoms with Crippen molar-refractivity contribution in [3.05, 3.63) is 47.8 Å². The molecule has 0 radical (unpaired) electrons. The molecular formula is C12H12ClN3O2. The Morgan fingerprint density at radius 2 is 2.28 bits per heavy atom. The van der Waals surface area contributed by atoms with Crippen molar-refractivity contribution in [3.63, 3.8) is 0 Å². The van der Waals surface area contributed by atoms with Gasteiger partial charge in [0.2, 0.25) is 11.8 Å². The predicted octanol–water partition coefficient (Wildman–Crippen LogP) is 2.21. The summed E-state index contributed by atoms with van der Waals surface area (Å²) in [7, 11) is 0. The number of hydrogen-bond donors (Lipinski definition) is 3. The third kappa shape index (κ3) is 3.95. The smallest absolute Gasteiger partial charge is 0.247 e. The van der Waals surface area contributed by atoms with Gasteiger partial charge in [-0.2, -0.15) is 0 Å². The second-order valence-electron chi connectivity index (χ2n) is 3.18. The van der Waals surface area contributed by atoms with Crippen molar-refractivity contribution in [2.24, 2.45) is 5.73 Å². The third-order valence-corrected chi connectivity index (χ3v) is 2.17. The maximum Gasteiger partial charge on any atom is 0.247 e. The molecule has 0 aliphatic carbocycles. The fourth-order valence-corrected chi connectivity index (χ4v) is 1.12. The number of nitrogens with two attached hydrogens (primary N) is 1. The van der Waals surface area contributed by atoms with E-state index in [9.17, 15) is 4.79 Å². The maximum atomic E-state index is 11.1. The fourth-order valence-electron chi connectivity index (χ4n) is 1.08. The van der Waals surface area contributed by atoms with E-state index in [0.717, 1.165) is 12.3 Å². The molecule has 18 heavy (non-hydrogen) atoms. The molecule has 0 saturated heterocycles. The van der Waals surface area contributed by atoms with Gasteiger partial charge in [0.25, 0.3) is 0 Å². The number of ether oxygens (including phenoxy) is 1. The molecule has 1 amide bonds. The van der Waals surface area contributed by atoms with Crippen molar-refractivity contribution in [2.75, 3.05) is 5.32 Å². The van der Waals surface area contributed by atoms with Gasteiger partial charge in [-0.25, -0.2) is 0 Å². The second kappa shape index (κ2) is 6.46. The van der Waals surface area contributed by atoms with E-state index in [1.54, 1.807) is 24.3 Å². The van der Waals surface area contributed by atoms with Crippen LogP contribution in [-0.2, 0) is 4.79 Å². The van der Waals surface area contributed by atoms with Gasteiger partial charge in [-0.3, -0.25) is 4.79 Å². The number of rotatable bonds is 5. The Balaban J connectivity index is 2.86.